The van der Waals surface area contributed by atoms with Gasteiger partial charge in [0, 0.05) is 16.7 Å². The molecule has 1 aliphatic rings. The molecule has 32 heavy (non-hydrogen) atoms. The maximum absolute atomic E-state index is 13.4. The monoisotopic (exact) mass is 436 g/mol. The molecule has 0 bridgehead atoms. The Morgan fingerprint density at radius 2 is 1.75 bits per heavy atom. The SMILES string of the molecule is CC=C[C@H]1COc2ccc(C(=O)NN(C(=O)c3cc(C)cc(C)c3)C(C)(C)C)c(C)c2O1. The molecule has 3 rings (SSSR count). The van der Waals surface area contributed by atoms with Gasteiger partial charge in [0.25, 0.3) is 11.8 Å². The van der Waals surface area contributed by atoms with Gasteiger partial charge >= 0.3 is 0 Å². The summed E-state index contributed by atoms with van der Waals surface area (Å²) in [5.74, 6) is 0.518. The lowest BCUT2D eigenvalue weighted by Gasteiger charge is -2.36. The number of allylic oxidation sites excluding steroid dienone is 1. The van der Waals surface area contributed by atoms with Crippen LogP contribution < -0.4 is 14.9 Å². The number of aryl methyl sites for hydroxylation is 2. The van der Waals surface area contributed by atoms with Crippen molar-refractivity contribution in [1.29, 1.82) is 0 Å². The van der Waals surface area contributed by atoms with Gasteiger partial charge in [0.15, 0.2) is 17.6 Å². The molecule has 170 valence electrons. The summed E-state index contributed by atoms with van der Waals surface area (Å²) in [5, 5.41) is 1.39. The van der Waals surface area contributed by atoms with Crippen LogP contribution in [0, 0.1) is 20.8 Å². The molecule has 0 fully saturated rings. The van der Waals surface area contributed by atoms with E-state index in [0.29, 0.717) is 34.8 Å². The van der Waals surface area contributed by atoms with Gasteiger partial charge in [0.2, 0.25) is 0 Å². The Balaban J connectivity index is 1.91. The number of fused-ring (bicyclic) bond motifs is 1. The van der Waals surface area contributed by atoms with E-state index in [2.05, 4.69) is 5.43 Å². The van der Waals surface area contributed by atoms with E-state index in [1.54, 1.807) is 12.1 Å². The quantitative estimate of drug-likeness (QED) is 0.548. The van der Waals surface area contributed by atoms with E-state index in [4.69, 9.17) is 9.47 Å². The van der Waals surface area contributed by atoms with E-state index < -0.39 is 5.54 Å². The van der Waals surface area contributed by atoms with Crippen molar-refractivity contribution in [2.24, 2.45) is 0 Å². The lowest BCUT2D eigenvalue weighted by Crippen LogP contribution is -2.56. The third-order valence-electron chi connectivity index (χ3n) is 5.25. The van der Waals surface area contributed by atoms with Gasteiger partial charge in [-0.05, 0) is 78.8 Å². The molecule has 1 aliphatic heterocycles. The van der Waals surface area contributed by atoms with Crippen LogP contribution >= 0.6 is 0 Å². The van der Waals surface area contributed by atoms with E-state index >= 15 is 0 Å². The van der Waals surface area contributed by atoms with Crippen LogP contribution in [0.15, 0.2) is 42.5 Å². The molecule has 0 unspecified atom stereocenters. The average Bonchev–Trinajstić information content (AvgIpc) is 2.70. The summed E-state index contributed by atoms with van der Waals surface area (Å²) in [6.45, 7) is 13.7. The van der Waals surface area contributed by atoms with Crippen molar-refractivity contribution in [3.63, 3.8) is 0 Å². The highest BCUT2D eigenvalue weighted by Gasteiger charge is 2.31. The van der Waals surface area contributed by atoms with E-state index in [-0.39, 0.29) is 17.9 Å². The summed E-state index contributed by atoms with van der Waals surface area (Å²) in [7, 11) is 0. The number of benzene rings is 2. The molecule has 0 saturated heterocycles. The van der Waals surface area contributed by atoms with Crippen LogP contribution in [-0.2, 0) is 0 Å². The van der Waals surface area contributed by atoms with Gasteiger partial charge in [-0.2, -0.15) is 0 Å². The number of hydrogen-bond acceptors (Lipinski definition) is 4. The normalized spacial score (nSPS) is 15.5. The Hall–Kier alpha value is -3.28. The molecule has 1 atom stereocenters. The fourth-order valence-electron chi connectivity index (χ4n) is 3.75. The summed E-state index contributed by atoms with van der Waals surface area (Å²) in [6, 6.07) is 9.10. The van der Waals surface area contributed by atoms with Gasteiger partial charge in [-0.3, -0.25) is 15.0 Å². The standard InChI is InChI=1S/C26H32N2O4/c1-8-9-20-15-31-22-11-10-21(18(4)23(22)32-20)24(29)27-28(26(5,6)7)25(30)19-13-16(2)12-17(3)14-19/h8-14,20H,15H2,1-7H3,(H,27,29)/t20-/m0/s1. The molecule has 1 heterocycles. The van der Waals surface area contributed by atoms with Crippen LogP contribution in [0.25, 0.3) is 0 Å². The van der Waals surface area contributed by atoms with Gasteiger partial charge in [0.05, 0.1) is 5.54 Å². The first-order valence-corrected chi connectivity index (χ1v) is 10.8. The van der Waals surface area contributed by atoms with E-state index in [0.717, 1.165) is 11.1 Å². The zero-order valence-electron chi connectivity index (χ0n) is 19.9. The van der Waals surface area contributed by atoms with Crippen LogP contribution in [0.3, 0.4) is 0 Å². The molecular weight excluding hydrogens is 404 g/mol. The number of nitrogens with zero attached hydrogens (tertiary/aromatic N) is 1. The number of carbonyl (C=O) groups excluding carboxylic acids is 2. The molecule has 2 aromatic carbocycles. The van der Waals surface area contributed by atoms with Gasteiger partial charge in [-0.1, -0.05) is 23.3 Å². The molecule has 6 heteroatoms. The zero-order valence-corrected chi connectivity index (χ0v) is 19.9. The molecule has 1 N–H and O–H groups in total. The highest BCUT2D eigenvalue weighted by atomic mass is 16.6. The maximum Gasteiger partial charge on any atom is 0.272 e. The molecule has 6 nitrogen and oxygen atoms in total. The largest absolute Gasteiger partial charge is 0.485 e. The number of ether oxygens (including phenoxy) is 2. The number of nitrogens with one attached hydrogen (secondary N) is 1. The van der Waals surface area contributed by atoms with Crippen molar-refractivity contribution >= 4 is 11.8 Å². The predicted molar refractivity (Wildman–Crippen MR) is 125 cm³/mol. The maximum atomic E-state index is 13.4. The molecule has 2 aromatic rings. The summed E-state index contributed by atoms with van der Waals surface area (Å²) >= 11 is 0. The fourth-order valence-corrected chi connectivity index (χ4v) is 3.75. The van der Waals surface area contributed by atoms with Crippen molar-refractivity contribution in [3.05, 3.63) is 70.3 Å². The third-order valence-corrected chi connectivity index (χ3v) is 5.25. The summed E-state index contributed by atoms with van der Waals surface area (Å²) < 4.78 is 11.8. The molecule has 0 aliphatic carbocycles. The lowest BCUT2D eigenvalue weighted by atomic mass is 10.0. The van der Waals surface area contributed by atoms with E-state index in [1.807, 2.05) is 78.8 Å². The molecule has 0 saturated carbocycles. The van der Waals surface area contributed by atoms with Gasteiger partial charge in [-0.15, -0.1) is 0 Å². The van der Waals surface area contributed by atoms with E-state index in [9.17, 15) is 9.59 Å². The van der Waals surface area contributed by atoms with Crippen LogP contribution in [0.5, 0.6) is 11.5 Å². The van der Waals surface area contributed by atoms with Crippen LogP contribution in [-0.4, -0.2) is 35.1 Å². The molecule has 0 radical (unpaired) electrons. The van der Waals surface area contributed by atoms with Gasteiger partial charge < -0.3 is 9.47 Å². The summed E-state index contributed by atoms with van der Waals surface area (Å²) in [4.78, 5) is 26.6. The van der Waals surface area contributed by atoms with E-state index in [1.165, 1.54) is 5.01 Å². The van der Waals surface area contributed by atoms with Gasteiger partial charge in [0.1, 0.15) is 6.61 Å². The minimum absolute atomic E-state index is 0.207. The smallest absolute Gasteiger partial charge is 0.272 e. The first-order chi connectivity index (χ1) is 15.0. The van der Waals surface area contributed by atoms with Gasteiger partial charge in [-0.25, -0.2) is 5.01 Å². The number of hydrogen-bond donors (Lipinski definition) is 1. The molecular formula is C26H32N2O4. The highest BCUT2D eigenvalue weighted by Crippen LogP contribution is 2.37. The Bertz CT molecular complexity index is 1050. The van der Waals surface area contributed by atoms with Crippen molar-refractivity contribution < 1.29 is 19.1 Å². The van der Waals surface area contributed by atoms with Crippen LogP contribution in [0.1, 0.15) is 65.1 Å². The second-order valence-corrected chi connectivity index (χ2v) is 9.19. The second kappa shape index (κ2) is 9.07. The first kappa shape index (κ1) is 23.4. The second-order valence-electron chi connectivity index (χ2n) is 9.19. The molecule has 0 aromatic heterocycles. The molecule has 0 spiro atoms. The summed E-state index contributed by atoms with van der Waals surface area (Å²) in [6.07, 6.45) is 3.62. The minimum atomic E-state index is -0.636. The van der Waals surface area contributed by atoms with Crippen molar-refractivity contribution in [3.8, 4) is 11.5 Å². The highest BCUT2D eigenvalue weighted by molar-refractivity contribution is 6.00. The first-order valence-electron chi connectivity index (χ1n) is 10.8. The average molecular weight is 437 g/mol. The van der Waals surface area contributed by atoms with Crippen LogP contribution in [0.4, 0.5) is 0 Å². The Morgan fingerprint density at radius 3 is 2.34 bits per heavy atom. The number of amides is 2. The topological polar surface area (TPSA) is 67.9 Å². The number of carbonyl (C=O) groups is 2. The minimum Gasteiger partial charge on any atom is -0.485 e. The number of rotatable bonds is 3. The van der Waals surface area contributed by atoms with Crippen LogP contribution in [0.2, 0.25) is 0 Å². The van der Waals surface area contributed by atoms with Crippen molar-refractivity contribution in [2.45, 2.75) is 60.1 Å². The molecule has 2 amide bonds. The Morgan fingerprint density at radius 1 is 1.09 bits per heavy atom. The predicted octanol–water partition coefficient (Wildman–Crippen LogP) is 4.91. The Labute approximate surface area is 190 Å². The number of hydrazine groups is 1. The summed E-state index contributed by atoms with van der Waals surface area (Å²) in [5.41, 5.74) is 5.81. The lowest BCUT2D eigenvalue weighted by molar-refractivity contribution is 0.0358. The zero-order chi connectivity index (χ0) is 23.6. The van der Waals surface area contributed by atoms with Crippen molar-refractivity contribution in [2.75, 3.05) is 6.61 Å². The third kappa shape index (κ3) is 4.96. The van der Waals surface area contributed by atoms with Crippen molar-refractivity contribution in [1.82, 2.24) is 10.4 Å². The Kier molecular flexibility index (Phi) is 6.63. The fraction of sp³-hybridized carbons (Fsp3) is 0.385.